The number of benzene rings is 1. The van der Waals surface area contributed by atoms with E-state index in [1.54, 1.807) is 6.07 Å². The van der Waals surface area contributed by atoms with Crippen LogP contribution in [0.15, 0.2) is 28.7 Å². The van der Waals surface area contributed by atoms with Crippen molar-refractivity contribution in [3.8, 4) is 5.75 Å². The number of phenolic OH excluding ortho intramolecular Hbond substituents is 1. The fraction of sp³-hybridized carbons (Fsp3) is 0.353. The van der Waals surface area contributed by atoms with E-state index in [0.29, 0.717) is 11.0 Å². The van der Waals surface area contributed by atoms with Crippen molar-refractivity contribution in [3.05, 3.63) is 41.0 Å². The van der Waals surface area contributed by atoms with Crippen LogP contribution >= 0.6 is 0 Å². The SMILES string of the molecule is CCc1cc2c(O)ccc(C3=CCCCC3)c2oc1=N. The quantitative estimate of drug-likeness (QED) is 0.861. The van der Waals surface area contributed by atoms with Gasteiger partial charge in [-0.3, -0.25) is 5.41 Å². The van der Waals surface area contributed by atoms with Gasteiger partial charge in [0.25, 0.3) is 0 Å². The van der Waals surface area contributed by atoms with Crippen LogP contribution in [0.4, 0.5) is 0 Å². The van der Waals surface area contributed by atoms with Crippen molar-refractivity contribution in [2.75, 3.05) is 0 Å². The fourth-order valence-corrected chi connectivity index (χ4v) is 2.84. The lowest BCUT2D eigenvalue weighted by molar-refractivity contribution is 0.476. The van der Waals surface area contributed by atoms with Crippen LogP contribution in [-0.4, -0.2) is 5.11 Å². The average Bonchev–Trinajstić information content (AvgIpc) is 2.48. The summed E-state index contributed by atoms with van der Waals surface area (Å²) in [5, 5.41) is 18.7. The van der Waals surface area contributed by atoms with E-state index in [2.05, 4.69) is 6.08 Å². The summed E-state index contributed by atoms with van der Waals surface area (Å²) in [5.74, 6) is 0.221. The van der Waals surface area contributed by atoms with Gasteiger partial charge in [0.15, 0.2) is 0 Å². The molecular formula is C17H19NO2. The summed E-state index contributed by atoms with van der Waals surface area (Å²) in [7, 11) is 0. The van der Waals surface area contributed by atoms with Crippen LogP contribution in [0.5, 0.6) is 5.75 Å². The number of hydrogen-bond acceptors (Lipinski definition) is 3. The number of fused-ring (bicyclic) bond motifs is 1. The number of hydrogen-bond donors (Lipinski definition) is 2. The molecule has 2 N–H and O–H groups in total. The highest BCUT2D eigenvalue weighted by Crippen LogP contribution is 2.35. The molecule has 20 heavy (non-hydrogen) atoms. The van der Waals surface area contributed by atoms with Crippen molar-refractivity contribution in [3.63, 3.8) is 0 Å². The molecule has 0 aliphatic heterocycles. The van der Waals surface area contributed by atoms with Gasteiger partial charge in [-0.05, 0) is 55.9 Å². The number of phenols is 1. The Balaban J connectivity index is 2.29. The predicted octanol–water partition coefficient (Wildman–Crippen LogP) is 4.14. The highest BCUT2D eigenvalue weighted by atomic mass is 16.3. The van der Waals surface area contributed by atoms with Crippen molar-refractivity contribution in [2.45, 2.75) is 39.0 Å². The van der Waals surface area contributed by atoms with Crippen LogP contribution in [-0.2, 0) is 6.42 Å². The minimum Gasteiger partial charge on any atom is -0.507 e. The molecule has 1 aliphatic carbocycles. The smallest absolute Gasteiger partial charge is 0.215 e. The van der Waals surface area contributed by atoms with E-state index in [0.717, 1.165) is 30.4 Å². The first kappa shape index (κ1) is 13.0. The van der Waals surface area contributed by atoms with Gasteiger partial charge in [-0.15, -0.1) is 0 Å². The Morgan fingerprint density at radius 1 is 1.30 bits per heavy atom. The summed E-state index contributed by atoms with van der Waals surface area (Å²) in [4.78, 5) is 0. The van der Waals surface area contributed by atoms with E-state index in [9.17, 15) is 5.11 Å². The topological polar surface area (TPSA) is 57.2 Å². The van der Waals surface area contributed by atoms with Crippen LogP contribution in [0.2, 0.25) is 0 Å². The van der Waals surface area contributed by atoms with E-state index in [1.807, 2.05) is 19.1 Å². The van der Waals surface area contributed by atoms with Crippen LogP contribution < -0.4 is 5.55 Å². The Kier molecular flexibility index (Phi) is 3.35. The molecule has 0 fully saturated rings. The second-order valence-electron chi connectivity index (χ2n) is 5.30. The molecule has 1 aromatic heterocycles. The number of nitrogens with one attached hydrogen (secondary N) is 1. The van der Waals surface area contributed by atoms with Gasteiger partial charge < -0.3 is 9.52 Å². The first-order valence-corrected chi connectivity index (χ1v) is 7.23. The largest absolute Gasteiger partial charge is 0.507 e. The first-order chi connectivity index (χ1) is 9.70. The lowest BCUT2D eigenvalue weighted by Gasteiger charge is -2.15. The number of aryl methyl sites for hydroxylation is 1. The molecule has 0 spiro atoms. The standard InChI is InChI=1S/C17H19NO2/c1-2-11-10-14-15(19)9-8-13(16(14)20-17(11)18)12-6-4-3-5-7-12/h6,8-10,18-19H,2-5,7H2,1H3. The molecule has 0 radical (unpaired) electrons. The zero-order chi connectivity index (χ0) is 14.1. The fourth-order valence-electron chi connectivity index (χ4n) is 2.84. The van der Waals surface area contributed by atoms with E-state index in [-0.39, 0.29) is 11.3 Å². The molecule has 0 amide bonds. The van der Waals surface area contributed by atoms with Gasteiger partial charge in [-0.2, -0.15) is 0 Å². The molecule has 0 bridgehead atoms. The number of aromatic hydroxyl groups is 1. The molecule has 3 rings (SSSR count). The lowest BCUT2D eigenvalue weighted by atomic mass is 9.92. The minimum absolute atomic E-state index is 0.197. The maximum absolute atomic E-state index is 10.1. The molecule has 1 heterocycles. The first-order valence-electron chi connectivity index (χ1n) is 7.23. The van der Waals surface area contributed by atoms with Crippen LogP contribution in [0.3, 0.4) is 0 Å². The predicted molar refractivity (Wildman–Crippen MR) is 79.6 cm³/mol. The van der Waals surface area contributed by atoms with Gasteiger partial charge in [0.05, 0.1) is 5.39 Å². The highest BCUT2D eigenvalue weighted by Gasteiger charge is 2.14. The second kappa shape index (κ2) is 5.16. The third-order valence-electron chi connectivity index (χ3n) is 4.01. The van der Waals surface area contributed by atoms with Gasteiger partial charge in [-0.25, -0.2) is 0 Å². The van der Waals surface area contributed by atoms with Gasteiger partial charge >= 0.3 is 0 Å². The third kappa shape index (κ3) is 2.13. The molecule has 3 heteroatoms. The molecule has 0 atom stereocenters. The molecular weight excluding hydrogens is 250 g/mol. The second-order valence-corrected chi connectivity index (χ2v) is 5.30. The van der Waals surface area contributed by atoms with Crippen molar-refractivity contribution in [2.24, 2.45) is 0 Å². The minimum atomic E-state index is 0.197. The summed E-state index contributed by atoms with van der Waals surface area (Å²) in [6.45, 7) is 1.99. The van der Waals surface area contributed by atoms with Gasteiger partial charge in [0, 0.05) is 11.1 Å². The Morgan fingerprint density at radius 3 is 2.85 bits per heavy atom. The molecule has 1 aromatic carbocycles. The van der Waals surface area contributed by atoms with Crippen molar-refractivity contribution < 1.29 is 9.52 Å². The third-order valence-corrected chi connectivity index (χ3v) is 4.01. The van der Waals surface area contributed by atoms with Crippen LogP contribution in [0.1, 0.15) is 43.7 Å². The number of allylic oxidation sites excluding steroid dienone is 2. The van der Waals surface area contributed by atoms with Crippen molar-refractivity contribution in [1.82, 2.24) is 0 Å². The lowest BCUT2D eigenvalue weighted by Crippen LogP contribution is -2.07. The molecule has 0 saturated carbocycles. The Hall–Kier alpha value is -2.03. The summed E-state index contributed by atoms with van der Waals surface area (Å²) in [6, 6.07) is 5.51. The number of rotatable bonds is 2. The maximum atomic E-state index is 10.1. The monoisotopic (exact) mass is 269 g/mol. The van der Waals surface area contributed by atoms with E-state index in [1.165, 1.54) is 18.4 Å². The summed E-state index contributed by atoms with van der Waals surface area (Å²) < 4.78 is 5.71. The molecule has 104 valence electrons. The summed E-state index contributed by atoms with van der Waals surface area (Å²) >= 11 is 0. The molecule has 1 aliphatic rings. The van der Waals surface area contributed by atoms with Crippen molar-refractivity contribution in [1.29, 1.82) is 5.41 Å². The summed E-state index contributed by atoms with van der Waals surface area (Å²) in [5.41, 5.74) is 3.95. The summed E-state index contributed by atoms with van der Waals surface area (Å²) in [6.07, 6.45) is 7.54. The van der Waals surface area contributed by atoms with E-state index >= 15 is 0 Å². The molecule has 2 aromatic rings. The zero-order valence-electron chi connectivity index (χ0n) is 11.7. The molecule has 0 unspecified atom stereocenters. The average molecular weight is 269 g/mol. The van der Waals surface area contributed by atoms with Gasteiger partial charge in [0.2, 0.25) is 5.55 Å². The Labute approximate surface area is 118 Å². The highest BCUT2D eigenvalue weighted by molar-refractivity contribution is 5.93. The normalized spacial score (nSPS) is 15.3. The Morgan fingerprint density at radius 2 is 2.15 bits per heavy atom. The Bertz CT molecular complexity index is 740. The van der Waals surface area contributed by atoms with Gasteiger partial charge in [0.1, 0.15) is 11.3 Å². The van der Waals surface area contributed by atoms with Crippen LogP contribution in [0, 0.1) is 5.41 Å². The zero-order valence-corrected chi connectivity index (χ0v) is 11.7. The van der Waals surface area contributed by atoms with Crippen LogP contribution in [0.25, 0.3) is 16.5 Å². The van der Waals surface area contributed by atoms with Gasteiger partial charge in [-0.1, -0.05) is 13.0 Å². The molecule has 3 nitrogen and oxygen atoms in total. The van der Waals surface area contributed by atoms with Crippen molar-refractivity contribution >= 4 is 16.5 Å². The van der Waals surface area contributed by atoms with E-state index < -0.39 is 0 Å². The molecule has 0 saturated heterocycles. The van der Waals surface area contributed by atoms with E-state index in [4.69, 9.17) is 9.83 Å². The maximum Gasteiger partial charge on any atom is 0.215 e.